The summed E-state index contributed by atoms with van der Waals surface area (Å²) in [6.07, 6.45) is 2.51. The first-order valence-electron chi connectivity index (χ1n) is 12.6. The maximum absolute atomic E-state index is 12.5. The molecule has 1 amide bonds. The van der Waals surface area contributed by atoms with Crippen LogP contribution in [0.3, 0.4) is 0 Å². The van der Waals surface area contributed by atoms with Gasteiger partial charge in [0.2, 0.25) is 0 Å². The Morgan fingerprint density at radius 2 is 1.67 bits per heavy atom. The van der Waals surface area contributed by atoms with Gasteiger partial charge in [0.05, 0.1) is 18.9 Å². The van der Waals surface area contributed by atoms with Crippen LogP contribution < -0.4 is 19.6 Å². The third-order valence-corrected chi connectivity index (χ3v) is 6.32. The lowest BCUT2D eigenvalue weighted by atomic mass is 9.72. The average molecular weight is 596 g/mol. The first-order valence-corrected chi connectivity index (χ1v) is 13.4. The Labute approximate surface area is 238 Å². The SMILES string of the molecule is COc1cc(/C=N\NC(=O)COc2ccc(C(C)(C)CC(C)(C)C)cc2)ccc1OC(=O)c1cccc(Br)c1. The number of esters is 1. The molecule has 7 nitrogen and oxygen atoms in total. The fourth-order valence-corrected chi connectivity index (χ4v) is 4.81. The van der Waals surface area contributed by atoms with Crippen LogP contribution in [0.2, 0.25) is 0 Å². The van der Waals surface area contributed by atoms with Gasteiger partial charge in [-0.05, 0) is 76.9 Å². The van der Waals surface area contributed by atoms with Crippen molar-refractivity contribution in [2.24, 2.45) is 10.5 Å². The number of nitrogens with one attached hydrogen (secondary N) is 1. The average Bonchev–Trinajstić information content (AvgIpc) is 2.87. The fourth-order valence-electron chi connectivity index (χ4n) is 4.41. The van der Waals surface area contributed by atoms with E-state index in [4.69, 9.17) is 14.2 Å². The van der Waals surface area contributed by atoms with Crippen LogP contribution >= 0.6 is 15.9 Å². The molecule has 3 aromatic carbocycles. The lowest BCUT2D eigenvalue weighted by molar-refractivity contribution is -0.123. The van der Waals surface area contributed by atoms with Crippen LogP contribution in [-0.2, 0) is 10.2 Å². The van der Waals surface area contributed by atoms with Crippen molar-refractivity contribution in [1.29, 1.82) is 0 Å². The van der Waals surface area contributed by atoms with Crippen LogP contribution in [0.4, 0.5) is 0 Å². The third kappa shape index (κ3) is 9.25. The number of carbonyl (C=O) groups is 2. The predicted octanol–water partition coefficient (Wildman–Crippen LogP) is 6.92. The Balaban J connectivity index is 1.52. The first-order chi connectivity index (χ1) is 18.4. The number of ether oxygens (including phenoxy) is 3. The molecule has 0 aliphatic rings. The summed E-state index contributed by atoms with van der Waals surface area (Å²) in [6.45, 7) is 11.0. The molecule has 0 saturated carbocycles. The van der Waals surface area contributed by atoms with Gasteiger partial charge < -0.3 is 14.2 Å². The summed E-state index contributed by atoms with van der Waals surface area (Å²) in [5.41, 5.74) is 4.97. The van der Waals surface area contributed by atoms with Crippen LogP contribution in [0.1, 0.15) is 62.5 Å². The molecule has 0 unspecified atom stereocenters. The molecule has 0 aromatic heterocycles. The number of amides is 1. The second-order valence-corrected chi connectivity index (χ2v) is 12.0. The molecule has 0 aliphatic heterocycles. The number of nitrogens with zero attached hydrogens (tertiary/aromatic N) is 1. The summed E-state index contributed by atoms with van der Waals surface area (Å²) < 4.78 is 17.2. The molecule has 0 heterocycles. The summed E-state index contributed by atoms with van der Waals surface area (Å²) in [7, 11) is 1.48. The van der Waals surface area contributed by atoms with Crippen LogP contribution in [0.25, 0.3) is 0 Å². The van der Waals surface area contributed by atoms with Gasteiger partial charge >= 0.3 is 5.97 Å². The lowest BCUT2D eigenvalue weighted by Crippen LogP contribution is -2.25. The van der Waals surface area contributed by atoms with Crippen LogP contribution in [0.15, 0.2) is 76.3 Å². The van der Waals surface area contributed by atoms with Crippen molar-refractivity contribution in [1.82, 2.24) is 5.43 Å². The summed E-state index contributed by atoms with van der Waals surface area (Å²) in [4.78, 5) is 24.7. The molecule has 0 atom stereocenters. The number of hydrazone groups is 1. The minimum Gasteiger partial charge on any atom is -0.493 e. The van der Waals surface area contributed by atoms with Crippen molar-refractivity contribution in [2.45, 2.75) is 46.5 Å². The van der Waals surface area contributed by atoms with Crippen LogP contribution in [-0.4, -0.2) is 31.8 Å². The van der Waals surface area contributed by atoms with Crippen molar-refractivity contribution in [2.75, 3.05) is 13.7 Å². The van der Waals surface area contributed by atoms with Crippen molar-refractivity contribution in [3.8, 4) is 17.2 Å². The standard InChI is InChI=1S/C31H35BrN2O5/c1-30(2,3)20-31(4,5)23-11-13-25(14-12-23)38-19-28(35)34-33-18-21-10-15-26(27(16-21)37-6)39-29(36)22-8-7-9-24(32)17-22/h7-18H,19-20H2,1-6H3,(H,34,35)/b33-18-. The second-order valence-electron chi connectivity index (χ2n) is 11.0. The highest BCUT2D eigenvalue weighted by Gasteiger charge is 2.27. The highest BCUT2D eigenvalue weighted by molar-refractivity contribution is 9.10. The van der Waals surface area contributed by atoms with Gasteiger partial charge in [-0.25, -0.2) is 10.2 Å². The minimum atomic E-state index is -0.508. The molecule has 3 aromatic rings. The van der Waals surface area contributed by atoms with E-state index in [-0.39, 0.29) is 23.2 Å². The number of benzene rings is 3. The zero-order chi connectivity index (χ0) is 28.6. The van der Waals surface area contributed by atoms with E-state index < -0.39 is 11.9 Å². The Hall–Kier alpha value is -3.65. The molecular formula is C31H35BrN2O5. The smallest absolute Gasteiger partial charge is 0.343 e. The Morgan fingerprint density at radius 1 is 0.949 bits per heavy atom. The molecular weight excluding hydrogens is 560 g/mol. The topological polar surface area (TPSA) is 86.2 Å². The number of hydrogen-bond donors (Lipinski definition) is 1. The van der Waals surface area contributed by atoms with Crippen molar-refractivity contribution < 1.29 is 23.8 Å². The molecule has 0 aliphatic carbocycles. The highest BCUT2D eigenvalue weighted by Crippen LogP contribution is 2.36. The molecule has 1 N–H and O–H groups in total. The maximum atomic E-state index is 12.5. The summed E-state index contributed by atoms with van der Waals surface area (Å²) >= 11 is 3.34. The third-order valence-electron chi connectivity index (χ3n) is 5.83. The van der Waals surface area contributed by atoms with Gasteiger partial charge in [0, 0.05) is 4.47 Å². The Morgan fingerprint density at radius 3 is 2.31 bits per heavy atom. The van der Waals surface area contributed by atoms with E-state index in [9.17, 15) is 9.59 Å². The van der Waals surface area contributed by atoms with Gasteiger partial charge in [-0.3, -0.25) is 4.79 Å². The quantitative estimate of drug-likeness (QED) is 0.119. The molecule has 0 fully saturated rings. The Kier molecular flexibility index (Phi) is 9.92. The van der Waals surface area contributed by atoms with E-state index in [0.717, 1.165) is 10.9 Å². The Bertz CT molecular complexity index is 1330. The molecule has 8 heteroatoms. The molecule has 206 valence electrons. The van der Waals surface area contributed by atoms with Crippen LogP contribution in [0.5, 0.6) is 17.2 Å². The maximum Gasteiger partial charge on any atom is 0.343 e. The second kappa shape index (κ2) is 12.9. The molecule has 0 bridgehead atoms. The largest absolute Gasteiger partial charge is 0.493 e. The van der Waals surface area contributed by atoms with Gasteiger partial charge in [-0.15, -0.1) is 0 Å². The predicted molar refractivity (Wildman–Crippen MR) is 157 cm³/mol. The van der Waals surface area contributed by atoms with Crippen molar-refractivity contribution in [3.63, 3.8) is 0 Å². The van der Waals surface area contributed by atoms with Gasteiger partial charge in [-0.2, -0.15) is 5.10 Å². The van der Waals surface area contributed by atoms with Gasteiger partial charge in [-0.1, -0.05) is 68.7 Å². The van der Waals surface area contributed by atoms with E-state index in [0.29, 0.717) is 22.6 Å². The summed E-state index contributed by atoms with van der Waals surface area (Å²) in [5.74, 6) is 0.333. The number of halogens is 1. The zero-order valence-corrected chi connectivity index (χ0v) is 24.8. The van der Waals surface area contributed by atoms with E-state index >= 15 is 0 Å². The number of carbonyl (C=O) groups excluding carboxylic acids is 2. The lowest BCUT2D eigenvalue weighted by Gasteiger charge is -2.33. The summed E-state index contributed by atoms with van der Waals surface area (Å²) in [5, 5.41) is 3.98. The fraction of sp³-hybridized carbons (Fsp3) is 0.323. The first kappa shape index (κ1) is 29.9. The van der Waals surface area contributed by atoms with E-state index in [2.05, 4.69) is 61.1 Å². The molecule has 39 heavy (non-hydrogen) atoms. The zero-order valence-electron chi connectivity index (χ0n) is 23.2. The molecule has 0 radical (unpaired) electrons. The molecule has 3 rings (SSSR count). The van der Waals surface area contributed by atoms with E-state index in [1.54, 1.807) is 36.4 Å². The molecule has 0 spiro atoms. The van der Waals surface area contributed by atoms with Gasteiger partial charge in [0.1, 0.15) is 5.75 Å². The van der Waals surface area contributed by atoms with Gasteiger partial charge in [0.15, 0.2) is 18.1 Å². The normalized spacial score (nSPS) is 11.8. The minimum absolute atomic E-state index is 0.0325. The number of methoxy groups -OCH3 is 1. The van der Waals surface area contributed by atoms with Gasteiger partial charge in [0.25, 0.3) is 5.91 Å². The summed E-state index contributed by atoms with van der Waals surface area (Å²) in [6, 6.07) is 19.7. The van der Waals surface area contributed by atoms with E-state index in [1.165, 1.54) is 18.9 Å². The monoisotopic (exact) mass is 594 g/mol. The highest BCUT2D eigenvalue weighted by atomic mass is 79.9. The number of rotatable bonds is 10. The number of hydrogen-bond acceptors (Lipinski definition) is 6. The van der Waals surface area contributed by atoms with Crippen molar-refractivity contribution >= 4 is 34.0 Å². The van der Waals surface area contributed by atoms with E-state index in [1.807, 2.05) is 30.3 Å². The van der Waals surface area contributed by atoms with Crippen molar-refractivity contribution in [3.05, 3.63) is 87.9 Å². The van der Waals surface area contributed by atoms with Crippen LogP contribution in [0, 0.1) is 5.41 Å². The molecule has 0 saturated heterocycles.